The minimum atomic E-state index is -0.485. The minimum Gasteiger partial charge on any atom is -0.486 e. The molecule has 1 atom stereocenters. The number of rotatable bonds is 2. The SMILES string of the molecule is CCC1CN(C(=O)Nc2ccc(Br)cc2F)c2ccccc2O1. The number of hydrogen-bond acceptors (Lipinski definition) is 2. The van der Waals surface area contributed by atoms with Gasteiger partial charge in [0.05, 0.1) is 17.9 Å². The number of carbonyl (C=O) groups is 1. The lowest BCUT2D eigenvalue weighted by molar-refractivity contribution is 0.188. The van der Waals surface area contributed by atoms with Crippen molar-refractivity contribution in [1.29, 1.82) is 0 Å². The number of anilines is 2. The largest absolute Gasteiger partial charge is 0.486 e. The fourth-order valence-electron chi connectivity index (χ4n) is 2.48. The number of amides is 2. The van der Waals surface area contributed by atoms with E-state index in [1.54, 1.807) is 11.0 Å². The third-order valence-corrected chi connectivity index (χ3v) is 4.20. The molecule has 1 heterocycles. The molecular formula is C17H16BrFN2O2. The molecule has 0 aromatic heterocycles. The molecule has 1 aliphatic heterocycles. The van der Waals surface area contributed by atoms with Crippen LogP contribution in [0.5, 0.6) is 5.75 Å². The zero-order valence-corrected chi connectivity index (χ0v) is 14.1. The topological polar surface area (TPSA) is 41.6 Å². The predicted molar refractivity (Wildman–Crippen MR) is 91.6 cm³/mol. The van der Waals surface area contributed by atoms with Gasteiger partial charge in [0, 0.05) is 4.47 Å². The Balaban J connectivity index is 1.86. The molecule has 3 rings (SSSR count). The minimum absolute atomic E-state index is 0.0783. The second-order valence-corrected chi connectivity index (χ2v) is 6.20. The molecule has 23 heavy (non-hydrogen) atoms. The van der Waals surface area contributed by atoms with Crippen molar-refractivity contribution >= 4 is 33.3 Å². The summed E-state index contributed by atoms with van der Waals surface area (Å²) in [6, 6.07) is 11.5. The highest BCUT2D eigenvalue weighted by molar-refractivity contribution is 9.10. The Bertz CT molecular complexity index is 738. The fourth-order valence-corrected chi connectivity index (χ4v) is 2.81. The second kappa shape index (κ2) is 6.58. The van der Waals surface area contributed by atoms with Gasteiger partial charge in [0.1, 0.15) is 17.7 Å². The number of fused-ring (bicyclic) bond motifs is 1. The van der Waals surface area contributed by atoms with E-state index in [1.807, 2.05) is 31.2 Å². The summed E-state index contributed by atoms with van der Waals surface area (Å²) in [6.45, 7) is 2.43. The Morgan fingerprint density at radius 1 is 1.39 bits per heavy atom. The normalized spacial score (nSPS) is 16.5. The number of benzene rings is 2. The molecule has 0 saturated carbocycles. The van der Waals surface area contributed by atoms with Crippen molar-refractivity contribution in [2.24, 2.45) is 0 Å². The van der Waals surface area contributed by atoms with Gasteiger partial charge >= 0.3 is 6.03 Å². The van der Waals surface area contributed by atoms with Crippen molar-refractivity contribution in [2.45, 2.75) is 19.4 Å². The highest BCUT2D eigenvalue weighted by Gasteiger charge is 2.29. The number of carbonyl (C=O) groups excluding carboxylic acids is 1. The van der Waals surface area contributed by atoms with Crippen LogP contribution >= 0.6 is 15.9 Å². The summed E-state index contributed by atoms with van der Waals surface area (Å²) in [7, 11) is 0. The standard InChI is InChI=1S/C17H16BrFN2O2/c1-2-12-10-21(15-5-3-4-6-16(15)23-12)17(22)20-14-8-7-11(18)9-13(14)19/h3-9,12H,2,10H2,1H3,(H,20,22). The molecule has 0 saturated heterocycles. The molecule has 0 radical (unpaired) electrons. The Labute approximate surface area is 142 Å². The third kappa shape index (κ3) is 3.32. The molecule has 1 unspecified atom stereocenters. The van der Waals surface area contributed by atoms with Crippen LogP contribution in [0, 0.1) is 5.82 Å². The van der Waals surface area contributed by atoms with Gasteiger partial charge in [0.2, 0.25) is 0 Å². The number of halogens is 2. The summed E-state index contributed by atoms with van der Waals surface area (Å²) in [6.07, 6.45) is 0.704. The van der Waals surface area contributed by atoms with Crippen molar-refractivity contribution in [3.05, 3.63) is 52.8 Å². The highest BCUT2D eigenvalue weighted by Crippen LogP contribution is 2.34. The summed E-state index contributed by atoms with van der Waals surface area (Å²) in [5.74, 6) is 0.179. The van der Waals surface area contributed by atoms with Gasteiger partial charge < -0.3 is 10.1 Å². The quantitative estimate of drug-likeness (QED) is 0.815. The third-order valence-electron chi connectivity index (χ3n) is 3.71. The van der Waals surface area contributed by atoms with Crippen molar-refractivity contribution < 1.29 is 13.9 Å². The highest BCUT2D eigenvalue weighted by atomic mass is 79.9. The molecule has 2 aromatic rings. The molecule has 120 valence electrons. The average molecular weight is 379 g/mol. The average Bonchev–Trinajstić information content (AvgIpc) is 2.56. The van der Waals surface area contributed by atoms with Crippen LogP contribution in [0.25, 0.3) is 0 Å². The Morgan fingerprint density at radius 3 is 2.91 bits per heavy atom. The van der Waals surface area contributed by atoms with Crippen LogP contribution in [0.15, 0.2) is 46.9 Å². The van der Waals surface area contributed by atoms with Gasteiger partial charge in [-0.25, -0.2) is 9.18 Å². The summed E-state index contributed by atoms with van der Waals surface area (Å²) in [4.78, 5) is 14.2. The van der Waals surface area contributed by atoms with E-state index in [0.29, 0.717) is 22.5 Å². The smallest absolute Gasteiger partial charge is 0.326 e. The predicted octanol–water partition coefficient (Wildman–Crippen LogP) is 4.80. The lowest BCUT2D eigenvalue weighted by Gasteiger charge is -2.34. The maximum Gasteiger partial charge on any atom is 0.326 e. The maximum atomic E-state index is 13.9. The van der Waals surface area contributed by atoms with Gasteiger partial charge in [0.25, 0.3) is 0 Å². The van der Waals surface area contributed by atoms with Crippen molar-refractivity contribution in [2.75, 3.05) is 16.8 Å². The van der Waals surface area contributed by atoms with Crippen LogP contribution < -0.4 is 15.0 Å². The molecular weight excluding hydrogens is 363 g/mol. The summed E-state index contributed by atoms with van der Waals surface area (Å²) in [5, 5.41) is 2.63. The summed E-state index contributed by atoms with van der Waals surface area (Å²) in [5.41, 5.74) is 0.836. The van der Waals surface area contributed by atoms with Crippen LogP contribution in [0.4, 0.5) is 20.6 Å². The zero-order valence-electron chi connectivity index (χ0n) is 12.6. The maximum absolute atomic E-state index is 13.9. The van der Waals surface area contributed by atoms with E-state index in [-0.39, 0.29) is 17.8 Å². The Kier molecular flexibility index (Phi) is 4.52. The lowest BCUT2D eigenvalue weighted by Crippen LogP contribution is -2.45. The van der Waals surface area contributed by atoms with Crippen molar-refractivity contribution in [3.63, 3.8) is 0 Å². The first-order chi connectivity index (χ1) is 11.1. The van der Waals surface area contributed by atoms with Crippen LogP contribution in [0.1, 0.15) is 13.3 Å². The Morgan fingerprint density at radius 2 is 2.17 bits per heavy atom. The van der Waals surface area contributed by atoms with E-state index in [4.69, 9.17) is 4.74 Å². The molecule has 2 amide bonds. The number of nitrogens with zero attached hydrogens (tertiary/aromatic N) is 1. The molecule has 6 heteroatoms. The van der Waals surface area contributed by atoms with Gasteiger partial charge in [-0.05, 0) is 36.8 Å². The van der Waals surface area contributed by atoms with Gasteiger partial charge in [-0.1, -0.05) is 35.0 Å². The first kappa shape index (κ1) is 15.8. The van der Waals surface area contributed by atoms with Gasteiger partial charge in [0.15, 0.2) is 0 Å². The van der Waals surface area contributed by atoms with Crippen LogP contribution in [0.2, 0.25) is 0 Å². The van der Waals surface area contributed by atoms with Crippen LogP contribution in [0.3, 0.4) is 0 Å². The lowest BCUT2D eigenvalue weighted by atomic mass is 10.1. The number of ether oxygens (including phenoxy) is 1. The fraction of sp³-hybridized carbons (Fsp3) is 0.235. The van der Waals surface area contributed by atoms with Crippen LogP contribution in [-0.2, 0) is 0 Å². The molecule has 1 aliphatic rings. The Hall–Kier alpha value is -2.08. The summed E-state index contributed by atoms with van der Waals surface area (Å²) < 4.78 is 20.4. The number of nitrogens with one attached hydrogen (secondary N) is 1. The van der Waals surface area contributed by atoms with Crippen molar-refractivity contribution in [3.8, 4) is 5.75 Å². The van der Waals surface area contributed by atoms with E-state index < -0.39 is 5.82 Å². The van der Waals surface area contributed by atoms with E-state index in [1.165, 1.54) is 12.1 Å². The van der Waals surface area contributed by atoms with Gasteiger partial charge in [-0.2, -0.15) is 0 Å². The number of urea groups is 1. The zero-order chi connectivity index (χ0) is 16.4. The molecule has 0 aliphatic carbocycles. The first-order valence-electron chi connectivity index (χ1n) is 7.37. The summed E-state index contributed by atoms with van der Waals surface area (Å²) >= 11 is 3.20. The van der Waals surface area contributed by atoms with Crippen LogP contribution in [-0.4, -0.2) is 18.7 Å². The monoisotopic (exact) mass is 378 g/mol. The number of para-hydroxylation sites is 2. The molecule has 1 N–H and O–H groups in total. The first-order valence-corrected chi connectivity index (χ1v) is 8.17. The molecule has 0 spiro atoms. The van der Waals surface area contributed by atoms with E-state index in [9.17, 15) is 9.18 Å². The molecule has 0 fully saturated rings. The molecule has 4 nitrogen and oxygen atoms in total. The van der Waals surface area contributed by atoms with E-state index in [0.717, 1.165) is 6.42 Å². The van der Waals surface area contributed by atoms with Gasteiger partial charge in [-0.3, -0.25) is 4.90 Å². The second-order valence-electron chi connectivity index (χ2n) is 5.28. The van der Waals surface area contributed by atoms with E-state index in [2.05, 4.69) is 21.2 Å². The van der Waals surface area contributed by atoms with Gasteiger partial charge in [-0.15, -0.1) is 0 Å². The van der Waals surface area contributed by atoms with Crippen molar-refractivity contribution in [1.82, 2.24) is 0 Å². The molecule has 2 aromatic carbocycles. The number of hydrogen-bond donors (Lipinski definition) is 1. The van der Waals surface area contributed by atoms with E-state index >= 15 is 0 Å². The molecule has 0 bridgehead atoms.